The van der Waals surface area contributed by atoms with Crippen molar-refractivity contribution in [3.8, 4) is 0 Å². The zero-order chi connectivity index (χ0) is 15.5. The van der Waals surface area contributed by atoms with Crippen molar-refractivity contribution in [3.05, 3.63) is 0 Å². The molecule has 0 amide bonds. The third-order valence-corrected chi connectivity index (χ3v) is 5.42. The number of hydrogen-bond donors (Lipinski definition) is 1. The van der Waals surface area contributed by atoms with Gasteiger partial charge in [0.25, 0.3) is 0 Å². The highest BCUT2D eigenvalue weighted by atomic mass is 16.5. The molecule has 0 aromatic rings. The molecule has 0 atom stereocenters. The molecule has 0 aromatic heterocycles. The van der Waals surface area contributed by atoms with E-state index < -0.39 is 11.4 Å². The van der Waals surface area contributed by atoms with E-state index in [0.717, 1.165) is 65.2 Å². The molecule has 2 rings (SSSR count). The largest absolute Gasteiger partial charge is 0.481 e. The van der Waals surface area contributed by atoms with Crippen molar-refractivity contribution >= 4 is 5.97 Å². The average Bonchev–Trinajstić information content (AvgIpc) is 2.48. The predicted octanol–water partition coefficient (Wildman–Crippen LogP) is 1.67. The summed E-state index contributed by atoms with van der Waals surface area (Å²) < 4.78 is 5.43. The summed E-state index contributed by atoms with van der Waals surface area (Å²) >= 11 is 0. The minimum Gasteiger partial charge on any atom is -0.481 e. The maximum atomic E-state index is 11.5. The lowest BCUT2D eigenvalue weighted by molar-refractivity contribution is -0.152. The number of carboxylic acids is 1. The van der Waals surface area contributed by atoms with Gasteiger partial charge in [-0.1, -0.05) is 6.92 Å². The number of aliphatic carboxylic acids is 1. The van der Waals surface area contributed by atoms with Crippen LogP contribution in [-0.4, -0.2) is 72.4 Å². The third-order valence-electron chi connectivity index (χ3n) is 5.42. The number of morpholine rings is 1. The van der Waals surface area contributed by atoms with E-state index in [-0.39, 0.29) is 5.54 Å². The highest BCUT2D eigenvalue weighted by Crippen LogP contribution is 2.35. The van der Waals surface area contributed by atoms with Crippen LogP contribution in [0, 0.1) is 5.41 Å². The molecule has 2 aliphatic heterocycles. The number of hydrogen-bond acceptors (Lipinski definition) is 4. The third kappa shape index (κ3) is 3.76. The molecule has 2 heterocycles. The summed E-state index contributed by atoms with van der Waals surface area (Å²) in [6, 6.07) is 0. The van der Waals surface area contributed by atoms with Gasteiger partial charge >= 0.3 is 5.97 Å². The van der Waals surface area contributed by atoms with Crippen molar-refractivity contribution in [1.82, 2.24) is 9.80 Å². The summed E-state index contributed by atoms with van der Waals surface area (Å²) in [4.78, 5) is 16.4. The molecule has 21 heavy (non-hydrogen) atoms. The molecule has 122 valence electrons. The second kappa shape index (κ2) is 6.63. The molecule has 2 aliphatic rings. The molecule has 2 saturated heterocycles. The number of likely N-dealkylation sites (tertiary alicyclic amines) is 1. The van der Waals surface area contributed by atoms with Gasteiger partial charge in [0.15, 0.2) is 0 Å². The number of carbonyl (C=O) groups is 1. The van der Waals surface area contributed by atoms with Crippen LogP contribution in [0.3, 0.4) is 0 Å². The molecular formula is C16H30N2O3. The van der Waals surface area contributed by atoms with Gasteiger partial charge in [-0.15, -0.1) is 0 Å². The first kappa shape index (κ1) is 16.7. The summed E-state index contributed by atoms with van der Waals surface area (Å²) in [5, 5.41) is 9.47. The molecule has 0 radical (unpaired) electrons. The van der Waals surface area contributed by atoms with Crippen molar-refractivity contribution in [2.24, 2.45) is 5.41 Å². The van der Waals surface area contributed by atoms with Gasteiger partial charge in [-0.3, -0.25) is 9.69 Å². The van der Waals surface area contributed by atoms with E-state index in [0.29, 0.717) is 0 Å². The molecule has 1 N–H and O–H groups in total. The number of ether oxygens (including phenoxy) is 1. The van der Waals surface area contributed by atoms with Gasteiger partial charge in [0.1, 0.15) is 0 Å². The minimum absolute atomic E-state index is 0.124. The highest BCUT2D eigenvalue weighted by Gasteiger charge is 2.41. The normalized spacial score (nSPS) is 24.9. The quantitative estimate of drug-likeness (QED) is 0.837. The molecule has 0 unspecified atom stereocenters. The maximum absolute atomic E-state index is 11.5. The van der Waals surface area contributed by atoms with Crippen LogP contribution in [0.5, 0.6) is 0 Å². The molecule has 0 spiro atoms. The number of rotatable bonds is 5. The van der Waals surface area contributed by atoms with Crippen LogP contribution in [-0.2, 0) is 9.53 Å². The second-order valence-corrected chi connectivity index (χ2v) is 7.13. The van der Waals surface area contributed by atoms with Crippen LogP contribution in [0.25, 0.3) is 0 Å². The number of carboxylic acid groups (broad SMARTS) is 1. The van der Waals surface area contributed by atoms with E-state index in [1.165, 1.54) is 0 Å². The fourth-order valence-electron chi connectivity index (χ4n) is 3.67. The molecule has 5 heteroatoms. The van der Waals surface area contributed by atoms with Crippen LogP contribution < -0.4 is 0 Å². The van der Waals surface area contributed by atoms with Crippen molar-refractivity contribution in [2.45, 2.75) is 45.6 Å². The minimum atomic E-state index is -0.614. The molecular weight excluding hydrogens is 268 g/mol. The van der Waals surface area contributed by atoms with Gasteiger partial charge in [-0.2, -0.15) is 0 Å². The van der Waals surface area contributed by atoms with Crippen molar-refractivity contribution in [2.75, 3.05) is 45.9 Å². The van der Waals surface area contributed by atoms with Crippen LogP contribution in [0.4, 0.5) is 0 Å². The number of nitrogens with zero attached hydrogens (tertiary/aromatic N) is 2. The molecule has 0 saturated carbocycles. The molecule has 0 aliphatic carbocycles. The maximum Gasteiger partial charge on any atom is 0.309 e. The fourth-order valence-corrected chi connectivity index (χ4v) is 3.67. The van der Waals surface area contributed by atoms with Gasteiger partial charge in [0.2, 0.25) is 0 Å². The van der Waals surface area contributed by atoms with Crippen molar-refractivity contribution in [1.29, 1.82) is 0 Å². The SMILES string of the molecule is CCC1(C(=O)O)CCN(CC(C)(C)N2CCOCC2)CC1. The molecule has 2 fully saturated rings. The van der Waals surface area contributed by atoms with E-state index in [2.05, 4.69) is 23.6 Å². The van der Waals surface area contributed by atoms with Crippen LogP contribution >= 0.6 is 0 Å². The Balaban J connectivity index is 1.89. The summed E-state index contributed by atoms with van der Waals surface area (Å²) in [7, 11) is 0. The zero-order valence-corrected chi connectivity index (χ0v) is 13.7. The van der Waals surface area contributed by atoms with E-state index in [4.69, 9.17) is 4.74 Å². The Morgan fingerprint density at radius 1 is 1.19 bits per heavy atom. The fraction of sp³-hybridized carbons (Fsp3) is 0.938. The molecule has 0 aromatic carbocycles. The van der Waals surface area contributed by atoms with E-state index in [9.17, 15) is 9.90 Å². The lowest BCUT2D eigenvalue weighted by Crippen LogP contribution is -2.57. The van der Waals surface area contributed by atoms with Crippen LogP contribution in [0.1, 0.15) is 40.0 Å². The lowest BCUT2D eigenvalue weighted by Gasteiger charge is -2.46. The average molecular weight is 298 g/mol. The summed E-state index contributed by atoms with van der Waals surface area (Å²) in [5.74, 6) is -0.614. The van der Waals surface area contributed by atoms with Gasteiger partial charge in [-0.05, 0) is 46.2 Å². The van der Waals surface area contributed by atoms with E-state index in [1.54, 1.807) is 0 Å². The second-order valence-electron chi connectivity index (χ2n) is 7.13. The Morgan fingerprint density at radius 3 is 2.24 bits per heavy atom. The van der Waals surface area contributed by atoms with Crippen molar-refractivity contribution in [3.63, 3.8) is 0 Å². The number of piperidine rings is 1. The first-order chi connectivity index (χ1) is 9.89. The van der Waals surface area contributed by atoms with Crippen LogP contribution in [0.2, 0.25) is 0 Å². The highest BCUT2D eigenvalue weighted by molar-refractivity contribution is 5.74. The first-order valence-electron chi connectivity index (χ1n) is 8.18. The van der Waals surface area contributed by atoms with E-state index >= 15 is 0 Å². The van der Waals surface area contributed by atoms with Crippen molar-refractivity contribution < 1.29 is 14.6 Å². The summed E-state index contributed by atoms with van der Waals surface area (Å²) in [6.07, 6.45) is 2.29. The standard InChI is InChI=1S/C16H30N2O3/c1-4-16(14(19)20)5-7-17(8-6-16)13-15(2,3)18-9-11-21-12-10-18/h4-13H2,1-3H3,(H,19,20). The van der Waals surface area contributed by atoms with E-state index in [1.807, 2.05) is 6.92 Å². The van der Waals surface area contributed by atoms with Crippen LogP contribution in [0.15, 0.2) is 0 Å². The Bertz CT molecular complexity index is 357. The smallest absolute Gasteiger partial charge is 0.309 e. The lowest BCUT2D eigenvalue weighted by atomic mass is 9.76. The molecule has 5 nitrogen and oxygen atoms in total. The molecule has 0 bridgehead atoms. The predicted molar refractivity (Wildman–Crippen MR) is 82.5 cm³/mol. The summed E-state index contributed by atoms with van der Waals surface area (Å²) in [6.45, 7) is 13.0. The van der Waals surface area contributed by atoms with Gasteiger partial charge < -0.3 is 14.7 Å². The summed E-state index contributed by atoms with van der Waals surface area (Å²) in [5.41, 5.74) is -0.362. The van der Waals surface area contributed by atoms with Gasteiger partial charge in [-0.25, -0.2) is 0 Å². The monoisotopic (exact) mass is 298 g/mol. The van der Waals surface area contributed by atoms with Gasteiger partial charge in [0, 0.05) is 25.2 Å². The Morgan fingerprint density at radius 2 is 1.76 bits per heavy atom. The Labute approximate surface area is 128 Å². The Kier molecular flexibility index (Phi) is 5.28. The van der Waals surface area contributed by atoms with Gasteiger partial charge in [0.05, 0.1) is 18.6 Å². The topological polar surface area (TPSA) is 53.0 Å². The Hall–Kier alpha value is -0.650. The zero-order valence-electron chi connectivity index (χ0n) is 13.7. The first-order valence-corrected chi connectivity index (χ1v) is 8.18.